The Hall–Kier alpha value is -1.95. The summed E-state index contributed by atoms with van der Waals surface area (Å²) in [5.41, 5.74) is 2.72. The van der Waals surface area contributed by atoms with Crippen LogP contribution >= 0.6 is 11.8 Å². The number of hydrogen-bond donors (Lipinski definition) is 1. The second-order valence-electron chi connectivity index (χ2n) is 4.80. The Kier molecular flexibility index (Phi) is 5.89. The van der Waals surface area contributed by atoms with Crippen LogP contribution in [-0.4, -0.2) is 23.4 Å². The van der Waals surface area contributed by atoms with E-state index in [2.05, 4.69) is 10.5 Å². The predicted molar refractivity (Wildman–Crippen MR) is 88.4 cm³/mol. The van der Waals surface area contributed by atoms with Crippen LogP contribution < -0.4 is 10.1 Å². The summed E-state index contributed by atoms with van der Waals surface area (Å²) in [4.78, 5) is 11.9. The van der Waals surface area contributed by atoms with E-state index >= 15 is 0 Å². The third-order valence-corrected chi connectivity index (χ3v) is 4.07. The van der Waals surface area contributed by atoms with Crippen LogP contribution in [0, 0.1) is 13.8 Å². The zero-order chi connectivity index (χ0) is 15.9. The number of carbonyl (C=O) groups excluding carboxylic acids is 1. The highest BCUT2D eigenvalue weighted by Gasteiger charge is 2.10. The van der Waals surface area contributed by atoms with Crippen LogP contribution in [0.5, 0.6) is 5.75 Å². The zero-order valence-corrected chi connectivity index (χ0v) is 13.8. The molecular weight excluding hydrogens is 300 g/mol. The first-order valence-corrected chi connectivity index (χ1v) is 8.27. The van der Waals surface area contributed by atoms with E-state index in [-0.39, 0.29) is 5.91 Å². The van der Waals surface area contributed by atoms with Crippen molar-refractivity contribution in [3.8, 4) is 5.75 Å². The minimum atomic E-state index is -0.0269. The zero-order valence-electron chi connectivity index (χ0n) is 13.0. The summed E-state index contributed by atoms with van der Waals surface area (Å²) in [7, 11) is 0. The van der Waals surface area contributed by atoms with E-state index < -0.39 is 0 Å². The van der Waals surface area contributed by atoms with Gasteiger partial charge in [0.2, 0.25) is 5.91 Å². The summed E-state index contributed by atoms with van der Waals surface area (Å²) in [6.45, 7) is 6.36. The van der Waals surface area contributed by atoms with Gasteiger partial charge in [-0.3, -0.25) is 4.79 Å². The Morgan fingerprint density at radius 3 is 2.64 bits per heavy atom. The molecule has 0 fully saturated rings. The van der Waals surface area contributed by atoms with E-state index in [1.165, 1.54) is 0 Å². The minimum absolute atomic E-state index is 0.0269. The second kappa shape index (κ2) is 7.89. The Bertz CT molecular complexity index is 603. The van der Waals surface area contributed by atoms with Crippen molar-refractivity contribution >= 4 is 23.4 Å². The number of benzene rings is 1. The van der Waals surface area contributed by atoms with Crippen LogP contribution in [0.4, 0.5) is 5.69 Å². The van der Waals surface area contributed by atoms with Crippen molar-refractivity contribution in [3.63, 3.8) is 0 Å². The smallest absolute Gasteiger partial charge is 0.234 e. The van der Waals surface area contributed by atoms with E-state index in [1.54, 1.807) is 11.8 Å². The van der Waals surface area contributed by atoms with Crippen molar-refractivity contribution < 1.29 is 14.1 Å². The first-order valence-electron chi connectivity index (χ1n) is 7.12. The Balaban J connectivity index is 1.78. The van der Waals surface area contributed by atoms with Crippen LogP contribution in [0.2, 0.25) is 0 Å². The largest absolute Gasteiger partial charge is 0.494 e. The molecule has 0 aliphatic heterocycles. The van der Waals surface area contributed by atoms with Gasteiger partial charge in [-0.15, -0.1) is 11.8 Å². The van der Waals surface area contributed by atoms with Gasteiger partial charge in [0.25, 0.3) is 0 Å². The normalized spacial score (nSPS) is 10.5. The average molecular weight is 320 g/mol. The van der Waals surface area contributed by atoms with Crippen molar-refractivity contribution in [2.24, 2.45) is 0 Å². The van der Waals surface area contributed by atoms with Gasteiger partial charge < -0.3 is 14.6 Å². The molecule has 0 aliphatic carbocycles. The van der Waals surface area contributed by atoms with E-state index in [1.807, 2.05) is 45.0 Å². The molecule has 1 aromatic heterocycles. The Morgan fingerprint density at radius 1 is 1.32 bits per heavy atom. The van der Waals surface area contributed by atoms with Gasteiger partial charge in [-0.2, -0.15) is 0 Å². The Morgan fingerprint density at radius 2 is 2.05 bits per heavy atom. The van der Waals surface area contributed by atoms with Crippen LogP contribution in [0.25, 0.3) is 0 Å². The van der Waals surface area contributed by atoms with Crippen molar-refractivity contribution in [2.75, 3.05) is 17.7 Å². The molecular formula is C16H20N2O3S. The predicted octanol–water partition coefficient (Wildman–Crippen LogP) is 3.56. The fourth-order valence-electron chi connectivity index (χ4n) is 1.95. The van der Waals surface area contributed by atoms with Gasteiger partial charge in [-0.05, 0) is 45.0 Å². The summed E-state index contributed by atoms with van der Waals surface area (Å²) in [6.07, 6.45) is 0. The van der Waals surface area contributed by atoms with Gasteiger partial charge in [-0.25, -0.2) is 0 Å². The molecule has 0 unspecified atom stereocenters. The highest BCUT2D eigenvalue weighted by atomic mass is 32.2. The molecule has 5 nitrogen and oxygen atoms in total. The number of ether oxygens (including phenoxy) is 1. The summed E-state index contributed by atoms with van der Waals surface area (Å²) >= 11 is 1.54. The minimum Gasteiger partial charge on any atom is -0.494 e. The summed E-state index contributed by atoms with van der Waals surface area (Å²) in [5.74, 6) is 2.70. The number of thioether (sulfide) groups is 1. The molecule has 1 N–H and O–H groups in total. The molecule has 118 valence electrons. The van der Waals surface area contributed by atoms with E-state index in [0.29, 0.717) is 12.4 Å². The van der Waals surface area contributed by atoms with Gasteiger partial charge in [0, 0.05) is 17.0 Å². The molecule has 1 heterocycles. The van der Waals surface area contributed by atoms with Crippen molar-refractivity contribution in [1.29, 1.82) is 0 Å². The number of rotatable bonds is 7. The van der Waals surface area contributed by atoms with Gasteiger partial charge >= 0.3 is 0 Å². The average Bonchev–Trinajstić information content (AvgIpc) is 2.81. The lowest BCUT2D eigenvalue weighted by molar-refractivity contribution is -0.113. The lowest BCUT2D eigenvalue weighted by atomic mass is 10.2. The second-order valence-corrected chi connectivity index (χ2v) is 5.79. The molecule has 0 atom stereocenters. The standard InChI is InChI=1S/C16H20N2O3S/c1-4-20-14-7-5-13(6-8-14)17-16(19)10-22-9-15-11(2)18-21-12(15)3/h5-8H,4,9-10H2,1-3H3,(H,17,19). The molecule has 0 spiro atoms. The summed E-state index contributed by atoms with van der Waals surface area (Å²) in [6, 6.07) is 7.36. The van der Waals surface area contributed by atoms with Crippen LogP contribution in [-0.2, 0) is 10.5 Å². The first kappa shape index (κ1) is 16.4. The van der Waals surface area contributed by atoms with Crippen LogP contribution in [0.1, 0.15) is 23.9 Å². The number of amides is 1. The summed E-state index contributed by atoms with van der Waals surface area (Å²) < 4.78 is 10.5. The van der Waals surface area contributed by atoms with E-state index in [9.17, 15) is 4.79 Å². The number of nitrogens with one attached hydrogen (secondary N) is 1. The number of nitrogens with zero attached hydrogens (tertiary/aromatic N) is 1. The van der Waals surface area contributed by atoms with Gasteiger partial charge in [0.1, 0.15) is 11.5 Å². The monoisotopic (exact) mass is 320 g/mol. The maximum atomic E-state index is 11.9. The third-order valence-electron chi connectivity index (χ3n) is 3.11. The molecule has 0 radical (unpaired) electrons. The number of anilines is 1. The number of carbonyl (C=O) groups is 1. The fraction of sp³-hybridized carbons (Fsp3) is 0.375. The van der Waals surface area contributed by atoms with Gasteiger partial charge in [-0.1, -0.05) is 5.16 Å². The SMILES string of the molecule is CCOc1ccc(NC(=O)CSCc2c(C)noc2C)cc1. The molecule has 2 aromatic rings. The van der Waals surface area contributed by atoms with Crippen molar-refractivity contribution in [3.05, 3.63) is 41.3 Å². The highest BCUT2D eigenvalue weighted by molar-refractivity contribution is 7.99. The van der Waals surface area contributed by atoms with Crippen LogP contribution in [0.15, 0.2) is 28.8 Å². The Labute approximate surface area is 134 Å². The lowest BCUT2D eigenvalue weighted by Crippen LogP contribution is -2.14. The molecule has 0 aliphatic rings. The molecule has 6 heteroatoms. The van der Waals surface area contributed by atoms with Crippen molar-refractivity contribution in [2.45, 2.75) is 26.5 Å². The molecule has 1 amide bonds. The summed E-state index contributed by atoms with van der Waals surface area (Å²) in [5, 5.41) is 6.77. The quantitative estimate of drug-likeness (QED) is 0.845. The molecule has 0 saturated carbocycles. The first-order chi connectivity index (χ1) is 10.6. The molecule has 0 bridgehead atoms. The van der Waals surface area contributed by atoms with E-state index in [0.717, 1.165) is 34.2 Å². The molecule has 22 heavy (non-hydrogen) atoms. The van der Waals surface area contributed by atoms with Crippen LogP contribution in [0.3, 0.4) is 0 Å². The maximum absolute atomic E-state index is 11.9. The molecule has 1 aromatic carbocycles. The van der Waals surface area contributed by atoms with E-state index in [4.69, 9.17) is 9.26 Å². The number of aromatic nitrogens is 1. The fourth-order valence-corrected chi connectivity index (χ4v) is 2.93. The lowest BCUT2D eigenvalue weighted by Gasteiger charge is -2.07. The third kappa shape index (κ3) is 4.53. The number of hydrogen-bond acceptors (Lipinski definition) is 5. The highest BCUT2D eigenvalue weighted by Crippen LogP contribution is 2.20. The number of aryl methyl sites for hydroxylation is 2. The maximum Gasteiger partial charge on any atom is 0.234 e. The molecule has 2 rings (SSSR count). The topological polar surface area (TPSA) is 64.4 Å². The molecule has 0 saturated heterocycles. The van der Waals surface area contributed by atoms with Crippen molar-refractivity contribution in [1.82, 2.24) is 5.16 Å². The van der Waals surface area contributed by atoms with Gasteiger partial charge in [0.05, 0.1) is 18.1 Å². The van der Waals surface area contributed by atoms with Gasteiger partial charge in [0.15, 0.2) is 0 Å².